The average molecular weight is 336 g/mol. The van der Waals surface area contributed by atoms with Crippen LogP contribution in [-0.4, -0.2) is 32.6 Å². The van der Waals surface area contributed by atoms with Crippen molar-refractivity contribution in [1.82, 2.24) is 19.5 Å². The third-order valence-electron chi connectivity index (χ3n) is 4.88. The van der Waals surface area contributed by atoms with Crippen LogP contribution in [0.3, 0.4) is 0 Å². The largest absolute Gasteiger partial charge is 0.372 e. The van der Waals surface area contributed by atoms with E-state index in [-0.39, 0.29) is 0 Å². The molecular weight excluding hydrogens is 312 g/mol. The Morgan fingerprint density at radius 2 is 1.72 bits per heavy atom. The number of imidazole rings is 1. The highest BCUT2D eigenvalue weighted by Crippen LogP contribution is 2.21. The molecule has 1 aliphatic rings. The van der Waals surface area contributed by atoms with E-state index in [1.54, 1.807) is 12.7 Å². The maximum atomic E-state index is 4.37. The molecule has 6 heteroatoms. The zero-order valence-corrected chi connectivity index (χ0v) is 14.6. The summed E-state index contributed by atoms with van der Waals surface area (Å²) >= 11 is 0. The van der Waals surface area contributed by atoms with Crippen molar-refractivity contribution in [1.29, 1.82) is 0 Å². The minimum atomic E-state index is 0.719. The molecule has 0 aliphatic carbocycles. The average Bonchev–Trinajstić information content (AvgIpc) is 2.86. The van der Waals surface area contributed by atoms with Crippen LogP contribution < -0.4 is 10.2 Å². The Bertz CT molecular complexity index is 831. The van der Waals surface area contributed by atoms with Crippen molar-refractivity contribution in [3.63, 3.8) is 0 Å². The van der Waals surface area contributed by atoms with Crippen LogP contribution in [-0.2, 0) is 13.6 Å². The van der Waals surface area contributed by atoms with Gasteiger partial charge in [0.05, 0.1) is 6.33 Å². The van der Waals surface area contributed by atoms with E-state index in [0.29, 0.717) is 0 Å². The van der Waals surface area contributed by atoms with Crippen molar-refractivity contribution in [2.75, 3.05) is 23.3 Å². The SMILES string of the molecule is Cn1cnc2ncnc(NCc3ccc(N4CCCCCC4)cc3)c21. The molecule has 1 aliphatic heterocycles. The second-order valence-corrected chi connectivity index (χ2v) is 6.67. The summed E-state index contributed by atoms with van der Waals surface area (Å²) in [5.74, 6) is 0.821. The Morgan fingerprint density at radius 3 is 2.48 bits per heavy atom. The van der Waals surface area contributed by atoms with E-state index in [9.17, 15) is 0 Å². The lowest BCUT2D eigenvalue weighted by Crippen LogP contribution is -2.23. The quantitative estimate of drug-likeness (QED) is 0.792. The van der Waals surface area contributed by atoms with Gasteiger partial charge in [-0.1, -0.05) is 25.0 Å². The van der Waals surface area contributed by atoms with Crippen LogP contribution >= 0.6 is 0 Å². The second kappa shape index (κ2) is 7.09. The Labute approximate surface area is 147 Å². The van der Waals surface area contributed by atoms with E-state index in [1.807, 2.05) is 11.6 Å². The number of aryl methyl sites for hydroxylation is 1. The van der Waals surface area contributed by atoms with Crippen molar-refractivity contribution in [2.45, 2.75) is 32.2 Å². The Morgan fingerprint density at radius 1 is 0.960 bits per heavy atom. The fourth-order valence-electron chi connectivity index (χ4n) is 3.46. The summed E-state index contributed by atoms with van der Waals surface area (Å²) in [5, 5.41) is 3.41. The molecular formula is C19H24N6. The van der Waals surface area contributed by atoms with E-state index in [0.717, 1.165) is 23.5 Å². The van der Waals surface area contributed by atoms with Gasteiger partial charge < -0.3 is 14.8 Å². The first-order valence-corrected chi connectivity index (χ1v) is 9.01. The van der Waals surface area contributed by atoms with Gasteiger partial charge in [-0.3, -0.25) is 0 Å². The number of benzene rings is 1. The van der Waals surface area contributed by atoms with Gasteiger partial charge in [0, 0.05) is 32.4 Å². The number of rotatable bonds is 4. The van der Waals surface area contributed by atoms with Crippen molar-refractivity contribution in [2.24, 2.45) is 7.05 Å². The van der Waals surface area contributed by atoms with E-state index in [2.05, 4.69) is 49.4 Å². The first-order valence-electron chi connectivity index (χ1n) is 9.01. The number of hydrogen-bond donors (Lipinski definition) is 1. The molecule has 3 aromatic rings. The molecule has 2 aromatic heterocycles. The molecule has 6 nitrogen and oxygen atoms in total. The first-order chi connectivity index (χ1) is 12.3. The monoisotopic (exact) mass is 336 g/mol. The van der Waals surface area contributed by atoms with Gasteiger partial charge >= 0.3 is 0 Å². The first kappa shape index (κ1) is 15.9. The van der Waals surface area contributed by atoms with Gasteiger partial charge in [-0.25, -0.2) is 15.0 Å². The van der Waals surface area contributed by atoms with E-state index in [1.165, 1.54) is 50.0 Å². The summed E-state index contributed by atoms with van der Waals surface area (Å²) in [6.07, 6.45) is 8.65. The molecule has 1 saturated heterocycles. The highest BCUT2D eigenvalue weighted by atomic mass is 15.1. The summed E-state index contributed by atoms with van der Waals surface area (Å²) in [5.41, 5.74) is 4.23. The van der Waals surface area contributed by atoms with Crippen LogP contribution in [0, 0.1) is 0 Å². The van der Waals surface area contributed by atoms with Crippen molar-refractivity contribution >= 4 is 22.7 Å². The standard InChI is InChI=1S/C19H24N6/c1-24-14-23-19-17(24)18(21-13-22-19)20-12-15-6-8-16(9-7-15)25-10-4-2-3-5-11-25/h6-9,13-14H,2-5,10-12H2,1H3,(H,20,21,22). The maximum Gasteiger partial charge on any atom is 0.182 e. The van der Waals surface area contributed by atoms with E-state index < -0.39 is 0 Å². The Kier molecular flexibility index (Phi) is 4.50. The lowest BCUT2D eigenvalue weighted by atomic mass is 10.2. The molecule has 0 radical (unpaired) electrons. The fraction of sp³-hybridized carbons (Fsp3) is 0.421. The normalized spacial score (nSPS) is 15.3. The van der Waals surface area contributed by atoms with Gasteiger partial charge in [0.1, 0.15) is 11.8 Å². The van der Waals surface area contributed by atoms with Gasteiger partial charge in [-0.15, -0.1) is 0 Å². The molecule has 0 atom stereocenters. The molecule has 0 amide bonds. The highest BCUT2D eigenvalue weighted by molar-refractivity contribution is 5.82. The van der Waals surface area contributed by atoms with E-state index >= 15 is 0 Å². The molecule has 4 rings (SSSR count). The molecule has 1 N–H and O–H groups in total. The lowest BCUT2D eigenvalue weighted by molar-refractivity contribution is 0.726. The summed E-state index contributed by atoms with van der Waals surface area (Å²) < 4.78 is 1.94. The predicted octanol–water partition coefficient (Wildman–Crippen LogP) is 3.36. The zero-order valence-electron chi connectivity index (χ0n) is 14.6. The third-order valence-corrected chi connectivity index (χ3v) is 4.88. The van der Waals surface area contributed by atoms with Crippen LogP contribution in [0.4, 0.5) is 11.5 Å². The van der Waals surface area contributed by atoms with Crippen molar-refractivity contribution in [3.05, 3.63) is 42.5 Å². The van der Waals surface area contributed by atoms with Crippen molar-refractivity contribution < 1.29 is 0 Å². The lowest BCUT2D eigenvalue weighted by Gasteiger charge is -2.22. The van der Waals surface area contributed by atoms with Gasteiger partial charge in [0.25, 0.3) is 0 Å². The van der Waals surface area contributed by atoms with Crippen LogP contribution in [0.1, 0.15) is 31.2 Å². The number of hydrogen-bond acceptors (Lipinski definition) is 5. The van der Waals surface area contributed by atoms with Crippen LogP contribution in [0.2, 0.25) is 0 Å². The second-order valence-electron chi connectivity index (χ2n) is 6.67. The molecule has 25 heavy (non-hydrogen) atoms. The topological polar surface area (TPSA) is 58.9 Å². The number of nitrogens with one attached hydrogen (secondary N) is 1. The summed E-state index contributed by atoms with van der Waals surface area (Å²) in [6.45, 7) is 3.09. The van der Waals surface area contributed by atoms with E-state index in [4.69, 9.17) is 0 Å². The van der Waals surface area contributed by atoms with Gasteiger partial charge in [0.2, 0.25) is 0 Å². The van der Waals surface area contributed by atoms with Crippen LogP contribution in [0.15, 0.2) is 36.9 Å². The molecule has 1 aromatic carbocycles. The van der Waals surface area contributed by atoms with Gasteiger partial charge in [-0.05, 0) is 30.5 Å². The number of anilines is 2. The number of aromatic nitrogens is 4. The molecule has 0 unspecified atom stereocenters. The molecule has 0 saturated carbocycles. The summed E-state index contributed by atoms with van der Waals surface area (Å²) in [6, 6.07) is 8.88. The third kappa shape index (κ3) is 3.43. The Balaban J connectivity index is 1.45. The summed E-state index contributed by atoms with van der Waals surface area (Å²) in [7, 11) is 1.96. The molecule has 1 fully saturated rings. The molecule has 0 bridgehead atoms. The minimum Gasteiger partial charge on any atom is -0.372 e. The number of nitrogens with zero attached hydrogens (tertiary/aromatic N) is 5. The maximum absolute atomic E-state index is 4.37. The smallest absolute Gasteiger partial charge is 0.182 e. The fourth-order valence-corrected chi connectivity index (χ4v) is 3.46. The van der Waals surface area contributed by atoms with Crippen molar-refractivity contribution in [3.8, 4) is 0 Å². The van der Waals surface area contributed by atoms with Crippen LogP contribution in [0.25, 0.3) is 11.2 Å². The summed E-state index contributed by atoms with van der Waals surface area (Å²) in [4.78, 5) is 15.3. The minimum absolute atomic E-state index is 0.719. The molecule has 130 valence electrons. The Hall–Kier alpha value is -2.63. The van der Waals surface area contributed by atoms with Crippen LogP contribution in [0.5, 0.6) is 0 Å². The molecule has 3 heterocycles. The molecule has 0 spiro atoms. The van der Waals surface area contributed by atoms with Gasteiger partial charge in [0.15, 0.2) is 11.5 Å². The highest BCUT2D eigenvalue weighted by Gasteiger charge is 2.10. The zero-order chi connectivity index (χ0) is 17.1. The predicted molar refractivity (Wildman–Crippen MR) is 101 cm³/mol. The van der Waals surface area contributed by atoms with Gasteiger partial charge in [-0.2, -0.15) is 0 Å². The number of fused-ring (bicyclic) bond motifs is 1.